The number of carbonyl (C=O) groups is 2. The molecule has 1 aromatic heterocycles. The van der Waals surface area contributed by atoms with Crippen molar-refractivity contribution in [2.75, 3.05) is 36.0 Å². The second-order valence-electron chi connectivity index (χ2n) is 7.15. The van der Waals surface area contributed by atoms with Gasteiger partial charge in [-0.3, -0.25) is 14.5 Å². The van der Waals surface area contributed by atoms with Crippen LogP contribution in [-0.4, -0.2) is 44.0 Å². The van der Waals surface area contributed by atoms with Gasteiger partial charge in [-0.1, -0.05) is 23.7 Å². The quantitative estimate of drug-likeness (QED) is 0.781. The summed E-state index contributed by atoms with van der Waals surface area (Å²) in [5, 5.41) is 0.566. The zero-order valence-corrected chi connectivity index (χ0v) is 16.0. The van der Waals surface area contributed by atoms with Crippen LogP contribution in [0.25, 0.3) is 0 Å². The number of imide groups is 1. The van der Waals surface area contributed by atoms with Gasteiger partial charge in [0.1, 0.15) is 26.2 Å². The summed E-state index contributed by atoms with van der Waals surface area (Å²) in [4.78, 5) is 33.6. The first-order chi connectivity index (χ1) is 13.0. The number of rotatable bonds is 3. The first-order valence-electron chi connectivity index (χ1n) is 9.24. The van der Waals surface area contributed by atoms with E-state index in [4.69, 9.17) is 11.6 Å². The molecule has 2 aliphatic rings. The van der Waals surface area contributed by atoms with Crippen molar-refractivity contribution in [2.24, 2.45) is 0 Å². The molecule has 1 atom stereocenters. The van der Waals surface area contributed by atoms with Crippen LogP contribution in [0, 0.1) is 6.92 Å². The van der Waals surface area contributed by atoms with E-state index in [1.54, 1.807) is 12.1 Å². The standard InChI is InChI=1S/C20H21ClN4O2/c1-14-5-6-15(12-16(14)21)25-19(26)13-17(20(25)27)23-8-10-24(11-9-23)18-4-2-3-7-22-18/h2-7,12,17H,8-11,13H2,1H3/p+2/t17-/m1/s1. The highest BCUT2D eigenvalue weighted by atomic mass is 35.5. The first kappa shape index (κ1) is 17.9. The van der Waals surface area contributed by atoms with Crippen LogP contribution in [0.15, 0.2) is 42.6 Å². The molecule has 140 valence electrons. The fraction of sp³-hybridized carbons (Fsp3) is 0.350. The van der Waals surface area contributed by atoms with E-state index in [2.05, 4.69) is 16.0 Å². The number of piperazine rings is 1. The normalized spacial score (nSPS) is 21.2. The Morgan fingerprint density at radius 2 is 1.93 bits per heavy atom. The molecule has 7 heteroatoms. The lowest BCUT2D eigenvalue weighted by Gasteiger charge is -2.31. The summed E-state index contributed by atoms with van der Waals surface area (Å²) in [7, 11) is 0. The van der Waals surface area contributed by atoms with Crippen molar-refractivity contribution in [1.82, 2.24) is 0 Å². The number of hydrogen-bond donors (Lipinski definition) is 1. The van der Waals surface area contributed by atoms with Gasteiger partial charge in [0.25, 0.3) is 11.7 Å². The van der Waals surface area contributed by atoms with Gasteiger partial charge >= 0.3 is 0 Å². The fourth-order valence-corrected chi connectivity index (χ4v) is 4.08. The Labute approximate surface area is 163 Å². The summed E-state index contributed by atoms with van der Waals surface area (Å²) in [5.74, 6) is 0.826. The van der Waals surface area contributed by atoms with Crippen molar-refractivity contribution >= 4 is 34.9 Å². The van der Waals surface area contributed by atoms with E-state index in [1.165, 1.54) is 9.80 Å². The first-order valence-corrected chi connectivity index (χ1v) is 9.61. The van der Waals surface area contributed by atoms with E-state index < -0.39 is 0 Å². The van der Waals surface area contributed by atoms with Crippen molar-refractivity contribution in [3.63, 3.8) is 0 Å². The molecule has 2 N–H and O–H groups in total. The molecule has 0 unspecified atom stereocenters. The van der Waals surface area contributed by atoms with E-state index in [0.717, 1.165) is 37.6 Å². The van der Waals surface area contributed by atoms with E-state index in [1.807, 2.05) is 31.3 Å². The maximum absolute atomic E-state index is 13.0. The van der Waals surface area contributed by atoms with Crippen molar-refractivity contribution in [3.8, 4) is 0 Å². The van der Waals surface area contributed by atoms with Crippen LogP contribution in [0.2, 0.25) is 5.02 Å². The largest absolute Gasteiger partial charge is 0.318 e. The summed E-state index contributed by atoms with van der Waals surface area (Å²) >= 11 is 6.18. The predicted octanol–water partition coefficient (Wildman–Crippen LogP) is 0.500. The Hall–Kier alpha value is -2.44. The number of nitrogens with one attached hydrogen (secondary N) is 2. The Morgan fingerprint density at radius 3 is 2.59 bits per heavy atom. The third-order valence-corrected chi connectivity index (χ3v) is 5.90. The number of halogens is 1. The van der Waals surface area contributed by atoms with Gasteiger partial charge in [0.2, 0.25) is 5.91 Å². The Bertz CT molecular complexity index is 866. The number of aromatic amines is 1. The van der Waals surface area contributed by atoms with Gasteiger partial charge in [-0.05, 0) is 30.7 Å². The second kappa shape index (κ2) is 7.29. The lowest BCUT2D eigenvalue weighted by Crippen LogP contribution is -3.19. The molecule has 0 bridgehead atoms. The van der Waals surface area contributed by atoms with Crippen LogP contribution in [-0.2, 0) is 9.59 Å². The average Bonchev–Trinajstić information content (AvgIpc) is 2.99. The van der Waals surface area contributed by atoms with E-state index in [-0.39, 0.29) is 24.3 Å². The van der Waals surface area contributed by atoms with E-state index in [0.29, 0.717) is 10.7 Å². The van der Waals surface area contributed by atoms with Crippen LogP contribution < -0.4 is 19.7 Å². The van der Waals surface area contributed by atoms with Crippen molar-refractivity contribution in [1.29, 1.82) is 0 Å². The lowest BCUT2D eigenvalue weighted by atomic mass is 10.1. The molecule has 2 aromatic rings. The number of anilines is 2. The smallest absolute Gasteiger partial charge is 0.292 e. The summed E-state index contributed by atoms with van der Waals surface area (Å²) in [6, 6.07) is 11.0. The number of nitrogens with zero attached hydrogens (tertiary/aromatic N) is 2. The minimum Gasteiger partial charge on any atom is -0.318 e. The number of quaternary nitrogens is 1. The van der Waals surface area contributed by atoms with E-state index in [9.17, 15) is 9.59 Å². The highest BCUT2D eigenvalue weighted by molar-refractivity contribution is 6.32. The molecule has 3 heterocycles. The van der Waals surface area contributed by atoms with Gasteiger partial charge < -0.3 is 4.90 Å². The molecule has 0 saturated carbocycles. The number of aromatic nitrogens is 1. The Morgan fingerprint density at radius 1 is 1.15 bits per heavy atom. The van der Waals surface area contributed by atoms with Crippen LogP contribution in [0.4, 0.5) is 11.5 Å². The Kier molecular flexibility index (Phi) is 4.85. The highest BCUT2D eigenvalue weighted by Gasteiger charge is 2.47. The molecule has 0 spiro atoms. The maximum Gasteiger partial charge on any atom is 0.292 e. The van der Waals surface area contributed by atoms with Crippen LogP contribution in [0.3, 0.4) is 0 Å². The summed E-state index contributed by atoms with van der Waals surface area (Å²) < 4.78 is 0. The number of pyridine rings is 1. The minimum atomic E-state index is -0.306. The highest BCUT2D eigenvalue weighted by Crippen LogP contribution is 2.27. The van der Waals surface area contributed by atoms with Gasteiger partial charge in [-0.15, -0.1) is 0 Å². The number of benzene rings is 1. The molecule has 2 fully saturated rings. The molecule has 2 aliphatic heterocycles. The third-order valence-electron chi connectivity index (χ3n) is 5.49. The molecule has 2 amide bonds. The number of aryl methyl sites for hydroxylation is 1. The summed E-state index contributed by atoms with van der Waals surface area (Å²) in [5.41, 5.74) is 1.50. The average molecular weight is 387 g/mol. The monoisotopic (exact) mass is 386 g/mol. The summed E-state index contributed by atoms with van der Waals surface area (Å²) in [6.45, 7) is 5.26. The number of H-pyrrole nitrogens is 1. The molecule has 4 rings (SSSR count). The number of carbonyl (C=O) groups excluding carboxylic acids is 2. The lowest BCUT2D eigenvalue weighted by molar-refractivity contribution is -0.915. The zero-order valence-electron chi connectivity index (χ0n) is 15.2. The molecular formula is C20H23ClN4O2+2. The second-order valence-corrected chi connectivity index (χ2v) is 7.56. The molecule has 0 aliphatic carbocycles. The van der Waals surface area contributed by atoms with E-state index >= 15 is 0 Å². The molecule has 27 heavy (non-hydrogen) atoms. The topological polar surface area (TPSA) is 59.2 Å². The van der Waals surface area contributed by atoms with Crippen LogP contribution >= 0.6 is 11.6 Å². The van der Waals surface area contributed by atoms with Gasteiger partial charge in [-0.25, -0.2) is 9.88 Å². The molecular weight excluding hydrogens is 364 g/mol. The van der Waals surface area contributed by atoms with Crippen LogP contribution in [0.5, 0.6) is 0 Å². The van der Waals surface area contributed by atoms with Gasteiger partial charge in [0, 0.05) is 11.1 Å². The molecule has 0 radical (unpaired) electrons. The Balaban J connectivity index is 1.45. The molecule has 2 saturated heterocycles. The van der Waals surface area contributed by atoms with Gasteiger partial charge in [0.15, 0.2) is 6.04 Å². The van der Waals surface area contributed by atoms with Crippen LogP contribution in [0.1, 0.15) is 12.0 Å². The minimum absolute atomic E-state index is 0.116. The third kappa shape index (κ3) is 3.42. The molecule has 6 nitrogen and oxygen atoms in total. The summed E-state index contributed by atoms with van der Waals surface area (Å²) in [6.07, 6.45) is 2.18. The van der Waals surface area contributed by atoms with Crippen molar-refractivity contribution in [3.05, 3.63) is 53.2 Å². The predicted molar refractivity (Wildman–Crippen MR) is 103 cm³/mol. The number of hydrogen-bond acceptors (Lipinski definition) is 3. The van der Waals surface area contributed by atoms with Crippen molar-refractivity contribution < 1.29 is 19.5 Å². The van der Waals surface area contributed by atoms with Crippen molar-refractivity contribution in [2.45, 2.75) is 19.4 Å². The zero-order chi connectivity index (χ0) is 19.0. The van der Waals surface area contributed by atoms with Gasteiger partial charge in [-0.2, -0.15) is 0 Å². The van der Waals surface area contributed by atoms with Gasteiger partial charge in [0.05, 0.1) is 18.3 Å². The maximum atomic E-state index is 13.0. The fourth-order valence-electron chi connectivity index (χ4n) is 3.91. The SMILES string of the molecule is Cc1ccc(N2C(=O)C[C@@H]([NH+]3CCN(c4cccc[nH+]4)CC3)C2=O)cc1Cl. The molecule has 1 aromatic carbocycles. The number of amides is 2.